The molecule has 9 nitrogen and oxygen atoms in total. The molecule has 0 radical (unpaired) electrons. The summed E-state index contributed by atoms with van der Waals surface area (Å²) in [6.07, 6.45) is 2.32. The molecule has 0 spiro atoms. The Morgan fingerprint density at radius 3 is 1.43 bits per heavy atom. The molecule has 2 aliphatic heterocycles. The average molecular weight is 681 g/mol. The molecular formula is C42H32O9. The molecule has 4 atom stereocenters. The minimum atomic E-state index is -0.694. The lowest BCUT2D eigenvalue weighted by Crippen LogP contribution is -2.16. The molecule has 8 rings (SSSR count). The van der Waals surface area contributed by atoms with Crippen molar-refractivity contribution < 1.29 is 45.2 Å². The molecule has 51 heavy (non-hydrogen) atoms. The summed E-state index contributed by atoms with van der Waals surface area (Å²) >= 11 is 0. The van der Waals surface area contributed by atoms with Crippen molar-refractivity contribution in [3.05, 3.63) is 160 Å². The van der Waals surface area contributed by atoms with Crippen molar-refractivity contribution >= 4 is 12.2 Å². The molecule has 0 aromatic heterocycles. The van der Waals surface area contributed by atoms with Crippen LogP contribution in [-0.2, 0) is 0 Å². The third-order valence-corrected chi connectivity index (χ3v) is 9.46. The summed E-state index contributed by atoms with van der Waals surface area (Å²) < 4.78 is 13.3. The number of phenolic OH excluding ortho intramolecular Hbond substituents is 7. The Kier molecular flexibility index (Phi) is 7.60. The first kappa shape index (κ1) is 31.5. The molecule has 2 aliphatic rings. The highest BCUT2D eigenvalue weighted by atomic mass is 16.5. The van der Waals surface area contributed by atoms with Crippen LogP contribution in [0.4, 0.5) is 0 Å². The van der Waals surface area contributed by atoms with Gasteiger partial charge in [0.25, 0.3) is 0 Å². The highest BCUT2D eigenvalue weighted by Crippen LogP contribution is 2.59. The molecule has 0 aliphatic carbocycles. The average Bonchev–Trinajstić information content (AvgIpc) is 3.67. The molecule has 254 valence electrons. The van der Waals surface area contributed by atoms with Gasteiger partial charge in [-0.1, -0.05) is 48.6 Å². The zero-order valence-electron chi connectivity index (χ0n) is 26.9. The molecule has 6 aromatic carbocycles. The predicted octanol–water partition coefficient (Wildman–Crippen LogP) is 8.33. The Morgan fingerprint density at radius 1 is 0.392 bits per heavy atom. The maximum atomic E-state index is 11.3. The van der Waals surface area contributed by atoms with Gasteiger partial charge in [0.2, 0.25) is 0 Å². The molecule has 0 bridgehead atoms. The Labute approximate surface area is 292 Å². The molecule has 0 amide bonds. The van der Waals surface area contributed by atoms with Crippen LogP contribution in [-0.4, -0.2) is 35.7 Å². The van der Waals surface area contributed by atoms with Crippen molar-refractivity contribution in [1.82, 2.24) is 0 Å². The van der Waals surface area contributed by atoms with Crippen LogP contribution in [0.1, 0.15) is 68.6 Å². The normalized spacial score (nSPS) is 19.0. The SMILES string of the molecule is Oc1ccc(C=Cc2cc(O)cc3c2C(c2cc(O)cc4c2C(c2cc(O)cc(O)c2)C(c2ccc(O)cc2)O4)C(c2ccc(O)cc2)O3)cc1. The maximum absolute atomic E-state index is 11.3. The number of hydrogen-bond donors (Lipinski definition) is 7. The van der Waals surface area contributed by atoms with E-state index in [2.05, 4.69) is 0 Å². The lowest BCUT2D eigenvalue weighted by atomic mass is 9.75. The van der Waals surface area contributed by atoms with Crippen LogP contribution < -0.4 is 9.47 Å². The summed E-state index contributed by atoms with van der Waals surface area (Å²) in [5.74, 6) is -0.504. The van der Waals surface area contributed by atoms with Crippen molar-refractivity contribution in [3.63, 3.8) is 0 Å². The van der Waals surface area contributed by atoms with E-state index in [4.69, 9.17) is 9.47 Å². The number of hydrogen-bond acceptors (Lipinski definition) is 9. The topological polar surface area (TPSA) is 160 Å². The van der Waals surface area contributed by atoms with Crippen LogP contribution >= 0.6 is 0 Å². The van der Waals surface area contributed by atoms with Gasteiger partial charge in [-0.15, -0.1) is 0 Å². The zero-order chi connectivity index (χ0) is 35.4. The Balaban J connectivity index is 1.37. The van der Waals surface area contributed by atoms with E-state index < -0.39 is 24.0 Å². The molecule has 6 aromatic rings. The minimum absolute atomic E-state index is 0.0193. The van der Waals surface area contributed by atoms with Gasteiger partial charge in [-0.2, -0.15) is 0 Å². The standard InChI is InChI=1S/C42H32O9/c43-27-9-2-22(3-10-27)1-4-25-15-32(48)20-35-37(25)40(42(50-35)24-7-13-29(45)14-8-24)34-19-33(49)21-36-39(34)38(26-16-30(46)18-31(47)17-26)41(51-36)23-5-11-28(44)12-6-23/h1-21,38,40-49H. The fourth-order valence-electron chi connectivity index (χ4n) is 7.31. The molecule has 2 heterocycles. The van der Waals surface area contributed by atoms with Gasteiger partial charge in [-0.25, -0.2) is 0 Å². The van der Waals surface area contributed by atoms with Gasteiger partial charge in [0.1, 0.15) is 64.0 Å². The summed E-state index contributed by atoms with van der Waals surface area (Å²) in [4.78, 5) is 0. The number of benzene rings is 6. The minimum Gasteiger partial charge on any atom is -0.508 e. The van der Waals surface area contributed by atoms with Gasteiger partial charge in [-0.3, -0.25) is 0 Å². The molecule has 9 heteroatoms. The van der Waals surface area contributed by atoms with Crippen LogP contribution in [0.15, 0.2) is 115 Å². The summed E-state index contributed by atoms with van der Waals surface area (Å²) in [6, 6.07) is 30.7. The van der Waals surface area contributed by atoms with Gasteiger partial charge in [0, 0.05) is 29.3 Å². The highest BCUT2D eigenvalue weighted by Gasteiger charge is 2.46. The molecule has 0 fully saturated rings. The summed E-state index contributed by atoms with van der Waals surface area (Å²) in [6.45, 7) is 0. The van der Waals surface area contributed by atoms with Gasteiger partial charge < -0.3 is 45.2 Å². The smallest absolute Gasteiger partial charge is 0.135 e. The maximum Gasteiger partial charge on any atom is 0.135 e. The third kappa shape index (κ3) is 5.84. The van der Waals surface area contributed by atoms with Gasteiger partial charge in [0.05, 0.1) is 11.8 Å². The van der Waals surface area contributed by atoms with Crippen LogP contribution in [0.5, 0.6) is 51.7 Å². The largest absolute Gasteiger partial charge is 0.508 e. The zero-order valence-corrected chi connectivity index (χ0v) is 26.9. The number of ether oxygens (including phenoxy) is 2. The summed E-state index contributed by atoms with van der Waals surface area (Å²) in [5, 5.41) is 73.4. The van der Waals surface area contributed by atoms with E-state index in [0.29, 0.717) is 39.3 Å². The first-order chi connectivity index (χ1) is 24.6. The van der Waals surface area contributed by atoms with E-state index in [1.165, 1.54) is 12.1 Å². The van der Waals surface area contributed by atoms with Crippen molar-refractivity contribution in [1.29, 1.82) is 0 Å². The van der Waals surface area contributed by atoms with E-state index in [1.807, 2.05) is 12.2 Å². The lowest BCUT2D eigenvalue weighted by molar-refractivity contribution is 0.219. The first-order valence-electron chi connectivity index (χ1n) is 16.3. The van der Waals surface area contributed by atoms with Crippen molar-refractivity contribution in [2.75, 3.05) is 0 Å². The van der Waals surface area contributed by atoms with Crippen LogP contribution in [0, 0.1) is 0 Å². The second-order valence-electron chi connectivity index (χ2n) is 12.8. The first-order valence-corrected chi connectivity index (χ1v) is 16.3. The second kappa shape index (κ2) is 12.3. The number of phenols is 7. The van der Waals surface area contributed by atoms with Crippen LogP contribution in [0.2, 0.25) is 0 Å². The molecule has 0 saturated heterocycles. The molecule has 0 saturated carbocycles. The van der Waals surface area contributed by atoms with E-state index in [1.54, 1.807) is 103 Å². The number of aromatic hydroxyl groups is 7. The Hall–Kier alpha value is -6.74. The van der Waals surface area contributed by atoms with E-state index in [-0.39, 0.29) is 40.2 Å². The van der Waals surface area contributed by atoms with Crippen molar-refractivity contribution in [2.24, 2.45) is 0 Å². The molecule has 7 N–H and O–H groups in total. The summed E-state index contributed by atoms with van der Waals surface area (Å²) in [7, 11) is 0. The number of fused-ring (bicyclic) bond motifs is 2. The van der Waals surface area contributed by atoms with Gasteiger partial charge in [-0.05, 0) is 94.0 Å². The molecule has 4 unspecified atom stereocenters. The monoisotopic (exact) mass is 680 g/mol. The second-order valence-corrected chi connectivity index (χ2v) is 12.8. The predicted molar refractivity (Wildman–Crippen MR) is 190 cm³/mol. The lowest BCUT2D eigenvalue weighted by Gasteiger charge is -2.26. The van der Waals surface area contributed by atoms with E-state index in [0.717, 1.165) is 16.7 Å². The van der Waals surface area contributed by atoms with Gasteiger partial charge >= 0.3 is 0 Å². The van der Waals surface area contributed by atoms with Gasteiger partial charge in [0.15, 0.2) is 0 Å². The third-order valence-electron chi connectivity index (χ3n) is 9.46. The van der Waals surface area contributed by atoms with Crippen LogP contribution in [0.25, 0.3) is 12.2 Å². The fourth-order valence-corrected chi connectivity index (χ4v) is 7.31. The van der Waals surface area contributed by atoms with Crippen molar-refractivity contribution in [2.45, 2.75) is 24.0 Å². The fraction of sp³-hybridized carbons (Fsp3) is 0.0952. The highest BCUT2D eigenvalue weighted by molar-refractivity contribution is 5.76. The van der Waals surface area contributed by atoms with E-state index >= 15 is 0 Å². The molecular weight excluding hydrogens is 648 g/mol. The Morgan fingerprint density at radius 2 is 0.863 bits per heavy atom. The quantitative estimate of drug-likeness (QED) is 0.0858. The van der Waals surface area contributed by atoms with E-state index in [9.17, 15) is 35.7 Å². The van der Waals surface area contributed by atoms with Crippen LogP contribution in [0.3, 0.4) is 0 Å². The van der Waals surface area contributed by atoms with Crippen molar-refractivity contribution in [3.8, 4) is 51.7 Å². The Bertz CT molecular complexity index is 2270. The summed E-state index contributed by atoms with van der Waals surface area (Å²) in [5.41, 5.74) is 5.48. The number of rotatable bonds is 6.